The van der Waals surface area contributed by atoms with Crippen LogP contribution in [0.3, 0.4) is 0 Å². The van der Waals surface area contributed by atoms with Gasteiger partial charge >= 0.3 is 0 Å². The van der Waals surface area contributed by atoms with E-state index in [0.717, 1.165) is 11.1 Å². The van der Waals surface area contributed by atoms with Crippen LogP contribution in [0.5, 0.6) is 0 Å². The zero-order valence-corrected chi connectivity index (χ0v) is 9.14. The predicted molar refractivity (Wildman–Crippen MR) is 56.8 cm³/mol. The van der Waals surface area contributed by atoms with E-state index >= 15 is 0 Å². The van der Waals surface area contributed by atoms with E-state index in [0.29, 0.717) is 4.67 Å². The molecule has 4 heteroatoms. The molecule has 0 aliphatic carbocycles. The molecule has 0 saturated heterocycles. The Morgan fingerprint density at radius 1 is 1.46 bits per heavy atom. The van der Waals surface area contributed by atoms with Crippen LogP contribution in [-0.4, -0.2) is 0 Å². The molecule has 0 aromatic carbocycles. The van der Waals surface area contributed by atoms with Crippen molar-refractivity contribution in [2.75, 3.05) is 0 Å². The standard InChI is InChI=1S/C9H8BrNOS/c10-9-7(1-3-12-9)8(11)6-2-4-13-5-6/h1-5,8H,11H2. The van der Waals surface area contributed by atoms with Crippen LogP contribution in [0.4, 0.5) is 0 Å². The van der Waals surface area contributed by atoms with Crippen molar-refractivity contribution in [1.82, 2.24) is 0 Å². The van der Waals surface area contributed by atoms with Gasteiger partial charge in [-0.3, -0.25) is 0 Å². The van der Waals surface area contributed by atoms with Crippen LogP contribution in [0.1, 0.15) is 17.2 Å². The first-order chi connectivity index (χ1) is 6.29. The van der Waals surface area contributed by atoms with Gasteiger partial charge in [-0.15, -0.1) is 0 Å². The molecule has 0 saturated carbocycles. The third-order valence-corrected chi connectivity index (χ3v) is 3.23. The second-order valence-electron chi connectivity index (χ2n) is 2.68. The van der Waals surface area contributed by atoms with E-state index in [4.69, 9.17) is 10.2 Å². The Morgan fingerprint density at radius 3 is 2.85 bits per heavy atom. The van der Waals surface area contributed by atoms with Crippen molar-refractivity contribution in [2.45, 2.75) is 6.04 Å². The highest BCUT2D eigenvalue weighted by Crippen LogP contribution is 2.28. The minimum Gasteiger partial charge on any atom is -0.457 e. The van der Waals surface area contributed by atoms with Crippen LogP contribution in [0.25, 0.3) is 0 Å². The largest absolute Gasteiger partial charge is 0.457 e. The summed E-state index contributed by atoms with van der Waals surface area (Å²) in [4.78, 5) is 0. The van der Waals surface area contributed by atoms with Crippen LogP contribution in [0.15, 0.2) is 38.2 Å². The van der Waals surface area contributed by atoms with E-state index in [2.05, 4.69) is 15.9 Å². The van der Waals surface area contributed by atoms with E-state index in [1.807, 2.05) is 22.9 Å². The van der Waals surface area contributed by atoms with Gasteiger partial charge in [0.15, 0.2) is 4.67 Å². The van der Waals surface area contributed by atoms with Crippen molar-refractivity contribution >= 4 is 27.3 Å². The van der Waals surface area contributed by atoms with Gasteiger partial charge in [0.2, 0.25) is 0 Å². The molecular formula is C9H8BrNOS. The summed E-state index contributed by atoms with van der Waals surface area (Å²) >= 11 is 4.95. The molecule has 0 spiro atoms. The maximum atomic E-state index is 6.02. The zero-order valence-electron chi connectivity index (χ0n) is 6.74. The minimum atomic E-state index is -0.0978. The van der Waals surface area contributed by atoms with Gasteiger partial charge in [0.25, 0.3) is 0 Å². The molecule has 0 radical (unpaired) electrons. The van der Waals surface area contributed by atoms with Gasteiger partial charge < -0.3 is 10.2 Å². The van der Waals surface area contributed by atoms with E-state index < -0.39 is 0 Å². The Bertz CT molecular complexity index is 382. The lowest BCUT2D eigenvalue weighted by Crippen LogP contribution is -2.10. The van der Waals surface area contributed by atoms with E-state index in [1.54, 1.807) is 17.6 Å². The summed E-state index contributed by atoms with van der Waals surface area (Å²) in [6.45, 7) is 0. The van der Waals surface area contributed by atoms with Crippen LogP contribution in [0.2, 0.25) is 0 Å². The molecule has 2 rings (SSSR count). The average molecular weight is 258 g/mol. The summed E-state index contributed by atoms with van der Waals surface area (Å²) in [5.41, 5.74) is 8.12. The van der Waals surface area contributed by atoms with Gasteiger partial charge in [0.05, 0.1) is 12.3 Å². The third-order valence-electron chi connectivity index (χ3n) is 1.88. The molecule has 0 bridgehead atoms. The molecule has 0 aliphatic rings. The summed E-state index contributed by atoms with van der Waals surface area (Å²) in [6, 6.07) is 3.81. The molecule has 13 heavy (non-hydrogen) atoms. The zero-order chi connectivity index (χ0) is 9.26. The molecule has 2 nitrogen and oxygen atoms in total. The summed E-state index contributed by atoms with van der Waals surface area (Å²) in [5, 5.41) is 4.06. The quantitative estimate of drug-likeness (QED) is 0.898. The summed E-state index contributed by atoms with van der Waals surface area (Å²) in [6.07, 6.45) is 1.63. The van der Waals surface area contributed by atoms with Gasteiger partial charge in [-0.25, -0.2) is 0 Å². The number of thiophene rings is 1. The average Bonchev–Trinajstić information content (AvgIpc) is 2.72. The lowest BCUT2D eigenvalue weighted by molar-refractivity contribution is 0.535. The molecular weight excluding hydrogens is 250 g/mol. The van der Waals surface area contributed by atoms with Gasteiger partial charge in [-0.2, -0.15) is 11.3 Å². The van der Waals surface area contributed by atoms with Gasteiger partial charge in [0, 0.05) is 5.56 Å². The van der Waals surface area contributed by atoms with Gasteiger partial charge in [-0.1, -0.05) is 0 Å². The normalized spacial score (nSPS) is 13.1. The second-order valence-corrected chi connectivity index (χ2v) is 4.18. The number of furan rings is 1. The summed E-state index contributed by atoms with van der Waals surface area (Å²) in [5.74, 6) is 0. The Labute approximate surface area is 88.5 Å². The topological polar surface area (TPSA) is 39.2 Å². The van der Waals surface area contributed by atoms with E-state index in [9.17, 15) is 0 Å². The Morgan fingerprint density at radius 2 is 2.31 bits per heavy atom. The maximum absolute atomic E-state index is 6.02. The molecule has 68 valence electrons. The number of nitrogens with two attached hydrogens (primary N) is 1. The fourth-order valence-corrected chi connectivity index (χ4v) is 2.34. The van der Waals surface area contributed by atoms with Crippen LogP contribution in [-0.2, 0) is 0 Å². The van der Waals surface area contributed by atoms with Gasteiger partial charge in [0.1, 0.15) is 0 Å². The number of rotatable bonds is 2. The first kappa shape index (κ1) is 8.99. The van der Waals surface area contributed by atoms with Crippen LogP contribution < -0.4 is 5.73 Å². The summed E-state index contributed by atoms with van der Waals surface area (Å²) < 4.78 is 5.84. The molecule has 1 atom stereocenters. The molecule has 0 aliphatic heterocycles. The van der Waals surface area contributed by atoms with Crippen LogP contribution in [0, 0.1) is 0 Å². The minimum absolute atomic E-state index is 0.0978. The molecule has 1 unspecified atom stereocenters. The lowest BCUT2D eigenvalue weighted by atomic mass is 10.1. The number of hydrogen-bond acceptors (Lipinski definition) is 3. The summed E-state index contributed by atoms with van der Waals surface area (Å²) in [7, 11) is 0. The lowest BCUT2D eigenvalue weighted by Gasteiger charge is -2.06. The highest BCUT2D eigenvalue weighted by atomic mass is 79.9. The Kier molecular flexibility index (Phi) is 2.53. The second kappa shape index (κ2) is 3.65. The first-order valence-electron chi connectivity index (χ1n) is 3.79. The monoisotopic (exact) mass is 257 g/mol. The van der Waals surface area contributed by atoms with Crippen molar-refractivity contribution in [1.29, 1.82) is 0 Å². The SMILES string of the molecule is NC(c1ccsc1)c1ccoc1Br. The third kappa shape index (κ3) is 1.70. The molecule has 0 fully saturated rings. The molecule has 2 aromatic heterocycles. The Hall–Kier alpha value is -0.580. The Balaban J connectivity index is 2.33. The fourth-order valence-electron chi connectivity index (χ4n) is 1.16. The van der Waals surface area contributed by atoms with E-state index in [1.165, 1.54) is 0 Å². The maximum Gasteiger partial charge on any atom is 0.174 e. The molecule has 2 aromatic rings. The smallest absolute Gasteiger partial charge is 0.174 e. The number of halogens is 1. The highest BCUT2D eigenvalue weighted by Gasteiger charge is 2.14. The molecule has 0 amide bonds. The van der Waals surface area contributed by atoms with Crippen molar-refractivity contribution in [2.24, 2.45) is 5.73 Å². The van der Waals surface area contributed by atoms with Crippen molar-refractivity contribution < 1.29 is 4.42 Å². The fraction of sp³-hybridized carbons (Fsp3) is 0.111. The number of hydrogen-bond donors (Lipinski definition) is 1. The predicted octanol–water partition coefficient (Wildman–Crippen LogP) is 3.15. The van der Waals surface area contributed by atoms with Crippen LogP contribution >= 0.6 is 27.3 Å². The molecule has 2 N–H and O–H groups in total. The van der Waals surface area contributed by atoms with E-state index in [-0.39, 0.29) is 6.04 Å². The highest BCUT2D eigenvalue weighted by molar-refractivity contribution is 9.10. The van der Waals surface area contributed by atoms with Crippen molar-refractivity contribution in [3.8, 4) is 0 Å². The first-order valence-corrected chi connectivity index (χ1v) is 5.53. The van der Waals surface area contributed by atoms with Crippen molar-refractivity contribution in [3.05, 3.63) is 45.0 Å². The molecule has 2 heterocycles. The van der Waals surface area contributed by atoms with Crippen molar-refractivity contribution in [3.63, 3.8) is 0 Å². The van der Waals surface area contributed by atoms with Gasteiger partial charge in [-0.05, 0) is 44.4 Å².